The van der Waals surface area contributed by atoms with Crippen molar-refractivity contribution in [2.45, 2.75) is 83.8 Å². The van der Waals surface area contributed by atoms with Crippen LogP contribution in [-0.4, -0.2) is 110 Å². The second kappa shape index (κ2) is 14.4. The fourth-order valence-corrected chi connectivity index (χ4v) is 9.31. The third-order valence-electron chi connectivity index (χ3n) is 12.4. The number of amides is 2. The number of para-hydroxylation sites is 1. The fraction of sp³-hybridized carbons (Fsp3) is 0.641. The number of aliphatic hydroxyl groups is 2. The van der Waals surface area contributed by atoms with Crippen molar-refractivity contribution < 1.29 is 29.4 Å². The molecule has 0 radical (unpaired) electrons. The molecule has 5 fully saturated rings. The maximum atomic E-state index is 14.2. The third kappa shape index (κ3) is 6.87. The zero-order valence-corrected chi connectivity index (χ0v) is 31.0. The number of hydrogen-bond donors (Lipinski definition) is 4. The molecule has 0 unspecified atom stereocenters. The van der Waals surface area contributed by atoms with Crippen molar-refractivity contribution in [3.8, 4) is 16.9 Å². The molecule has 3 saturated carbocycles. The van der Waals surface area contributed by atoms with Crippen LogP contribution in [0.5, 0.6) is 5.75 Å². The van der Waals surface area contributed by atoms with Crippen molar-refractivity contribution in [3.05, 3.63) is 47.5 Å². The van der Waals surface area contributed by atoms with E-state index in [-0.39, 0.29) is 37.0 Å². The van der Waals surface area contributed by atoms with Crippen molar-refractivity contribution in [1.29, 1.82) is 0 Å². The van der Waals surface area contributed by atoms with E-state index in [0.29, 0.717) is 34.5 Å². The predicted molar refractivity (Wildman–Crippen MR) is 194 cm³/mol. The Bertz CT molecular complexity index is 1560. The van der Waals surface area contributed by atoms with Crippen molar-refractivity contribution in [2.24, 2.45) is 29.1 Å². The SMILES string of the molecule is COc1c(CN2O[C@@H](CO)[C@@H]([C@H](C)O)[C@H]2C(=O)N[C@H]2C[C@H]3C[C@@H]([C@@H]2C)C3(C)C)cccc1-c1cc(C(=O)N[C@@H]2CCN(C)C2)cc(N(C)C)c1. The Morgan fingerprint density at radius 1 is 1.16 bits per heavy atom. The monoisotopic (exact) mass is 691 g/mol. The molecule has 5 aliphatic rings. The second-order valence-corrected chi connectivity index (χ2v) is 16.1. The summed E-state index contributed by atoms with van der Waals surface area (Å²) in [4.78, 5) is 38.2. The van der Waals surface area contributed by atoms with E-state index in [9.17, 15) is 19.8 Å². The van der Waals surface area contributed by atoms with Crippen LogP contribution in [0.15, 0.2) is 36.4 Å². The number of rotatable bonds is 11. The molecule has 274 valence electrons. The summed E-state index contributed by atoms with van der Waals surface area (Å²) in [7, 11) is 7.57. The molecule has 7 rings (SSSR count). The van der Waals surface area contributed by atoms with Crippen LogP contribution in [0.1, 0.15) is 62.9 Å². The molecule has 4 N–H and O–H groups in total. The molecule has 2 saturated heterocycles. The third-order valence-corrected chi connectivity index (χ3v) is 12.4. The van der Waals surface area contributed by atoms with Crippen molar-refractivity contribution in [3.63, 3.8) is 0 Å². The number of fused-ring (bicyclic) bond motifs is 2. The summed E-state index contributed by atoms with van der Waals surface area (Å²) in [6.45, 7) is 10.2. The van der Waals surface area contributed by atoms with Crippen LogP contribution in [0.3, 0.4) is 0 Å². The lowest BCUT2D eigenvalue weighted by Crippen LogP contribution is -2.62. The van der Waals surface area contributed by atoms with E-state index in [1.165, 1.54) is 6.42 Å². The molecule has 2 heterocycles. The molecular weight excluding hydrogens is 634 g/mol. The van der Waals surface area contributed by atoms with Crippen LogP contribution in [0, 0.1) is 29.1 Å². The number of nitrogens with one attached hydrogen (secondary N) is 2. The van der Waals surface area contributed by atoms with Gasteiger partial charge in [0.15, 0.2) is 0 Å². The van der Waals surface area contributed by atoms with Gasteiger partial charge in [0.1, 0.15) is 17.9 Å². The number of ether oxygens (including phenoxy) is 1. The molecular formula is C39H57N5O6. The number of likely N-dealkylation sites (tertiary alicyclic amines) is 1. The van der Waals surface area contributed by atoms with Gasteiger partial charge in [0, 0.05) is 61.0 Å². The minimum Gasteiger partial charge on any atom is -0.496 e. The summed E-state index contributed by atoms with van der Waals surface area (Å²) in [5.41, 5.74) is 4.13. The Hall–Kier alpha value is -3.22. The molecule has 11 heteroatoms. The van der Waals surface area contributed by atoms with Gasteiger partial charge >= 0.3 is 0 Å². The van der Waals surface area contributed by atoms with Gasteiger partial charge in [-0.25, -0.2) is 0 Å². The molecule has 0 aromatic heterocycles. The lowest BCUT2D eigenvalue weighted by atomic mass is 9.45. The van der Waals surface area contributed by atoms with Crippen LogP contribution in [0.25, 0.3) is 11.1 Å². The highest BCUT2D eigenvalue weighted by molar-refractivity contribution is 5.97. The highest BCUT2D eigenvalue weighted by Gasteiger charge is 2.57. The van der Waals surface area contributed by atoms with E-state index in [1.807, 2.05) is 55.4 Å². The average molecular weight is 692 g/mol. The largest absolute Gasteiger partial charge is 0.496 e. The number of anilines is 1. The summed E-state index contributed by atoms with van der Waals surface area (Å²) >= 11 is 0. The van der Waals surface area contributed by atoms with Gasteiger partial charge in [0.2, 0.25) is 5.91 Å². The first-order valence-corrected chi connectivity index (χ1v) is 18.2. The number of hydroxylamine groups is 2. The maximum absolute atomic E-state index is 14.2. The predicted octanol–water partition coefficient (Wildman–Crippen LogP) is 3.52. The van der Waals surface area contributed by atoms with Gasteiger partial charge in [-0.15, -0.1) is 0 Å². The van der Waals surface area contributed by atoms with Gasteiger partial charge in [0.25, 0.3) is 5.91 Å². The van der Waals surface area contributed by atoms with Crippen LogP contribution >= 0.6 is 0 Å². The number of benzene rings is 2. The van der Waals surface area contributed by atoms with E-state index in [4.69, 9.17) is 9.57 Å². The molecule has 11 nitrogen and oxygen atoms in total. The number of carbonyl (C=O) groups is 2. The molecule has 3 aliphatic carbocycles. The molecule has 50 heavy (non-hydrogen) atoms. The number of nitrogens with zero attached hydrogens (tertiary/aromatic N) is 3. The Balaban J connectivity index is 1.28. The average Bonchev–Trinajstić information content (AvgIpc) is 3.67. The van der Waals surface area contributed by atoms with Gasteiger partial charge in [-0.05, 0) is 86.7 Å². The van der Waals surface area contributed by atoms with Crippen molar-refractivity contribution >= 4 is 17.5 Å². The van der Waals surface area contributed by atoms with E-state index >= 15 is 0 Å². The van der Waals surface area contributed by atoms with Gasteiger partial charge in [-0.2, -0.15) is 5.06 Å². The van der Waals surface area contributed by atoms with Crippen molar-refractivity contribution in [1.82, 2.24) is 20.6 Å². The fourth-order valence-electron chi connectivity index (χ4n) is 9.31. The molecule has 2 amide bonds. The highest BCUT2D eigenvalue weighted by Crippen LogP contribution is 2.61. The number of carbonyl (C=O) groups excluding carboxylic acids is 2. The number of hydrogen-bond acceptors (Lipinski definition) is 9. The first-order chi connectivity index (χ1) is 23.7. The van der Waals surface area contributed by atoms with Crippen LogP contribution < -0.4 is 20.3 Å². The van der Waals surface area contributed by atoms with Crippen LogP contribution in [-0.2, 0) is 16.2 Å². The summed E-state index contributed by atoms with van der Waals surface area (Å²) in [5, 5.41) is 29.4. The smallest absolute Gasteiger partial charge is 0.251 e. The number of aliphatic hydroxyl groups excluding tert-OH is 2. The summed E-state index contributed by atoms with van der Waals surface area (Å²) in [6, 6.07) is 11.0. The standard InChI is InChI=1S/C39H57N5O6/c1-22-31-17-27(39(31,3)4)18-32(22)41-38(48)35-34(23(2)46)33(21-45)50-44(35)19-24-10-9-11-30(36(24)49-8)25-14-26(16-29(15-25)42(5)6)37(47)40-28-12-13-43(7)20-28/h9-11,14-16,22-23,27-28,31-35,45-46H,12-13,17-21H2,1-8H3,(H,40,47)(H,41,48)/t22-,23-,27+,28+,31-,32-,33-,34+,35-/m0/s1. The van der Waals surface area contributed by atoms with Gasteiger partial charge in [0.05, 0.1) is 26.4 Å². The summed E-state index contributed by atoms with van der Waals surface area (Å²) < 4.78 is 6.05. The van der Waals surface area contributed by atoms with E-state index in [1.54, 1.807) is 19.1 Å². The molecule has 2 aliphatic heterocycles. The number of likely N-dealkylation sites (N-methyl/N-ethyl adjacent to an activating group) is 1. The van der Waals surface area contributed by atoms with Crippen LogP contribution in [0.2, 0.25) is 0 Å². The quantitative estimate of drug-likeness (QED) is 0.280. The Kier molecular flexibility index (Phi) is 10.5. The maximum Gasteiger partial charge on any atom is 0.251 e. The summed E-state index contributed by atoms with van der Waals surface area (Å²) in [5.74, 6) is 1.15. The van der Waals surface area contributed by atoms with Crippen LogP contribution in [0.4, 0.5) is 5.69 Å². The van der Waals surface area contributed by atoms with Gasteiger partial charge in [-0.3, -0.25) is 14.4 Å². The van der Waals surface area contributed by atoms with Gasteiger partial charge < -0.3 is 35.4 Å². The second-order valence-electron chi connectivity index (χ2n) is 16.1. The Labute approximate surface area is 297 Å². The van der Waals surface area contributed by atoms with E-state index in [2.05, 4.69) is 43.4 Å². The summed E-state index contributed by atoms with van der Waals surface area (Å²) in [6.07, 6.45) is 1.43. The first kappa shape index (κ1) is 36.6. The zero-order valence-electron chi connectivity index (χ0n) is 31.0. The molecule has 9 atom stereocenters. The van der Waals surface area contributed by atoms with E-state index < -0.39 is 24.2 Å². The van der Waals surface area contributed by atoms with E-state index in [0.717, 1.165) is 48.3 Å². The molecule has 2 aromatic rings. The first-order valence-electron chi connectivity index (χ1n) is 18.2. The normalized spacial score (nSPS) is 31.2. The highest BCUT2D eigenvalue weighted by atomic mass is 16.7. The van der Waals surface area contributed by atoms with Crippen molar-refractivity contribution in [2.75, 3.05) is 52.8 Å². The molecule has 2 bridgehead atoms. The minimum atomic E-state index is -0.889. The minimum absolute atomic E-state index is 0.0479. The molecule has 0 spiro atoms. The topological polar surface area (TPSA) is 127 Å². The molecule has 2 aromatic carbocycles. The number of methoxy groups -OCH3 is 1. The Morgan fingerprint density at radius 2 is 1.92 bits per heavy atom. The van der Waals surface area contributed by atoms with Gasteiger partial charge in [-0.1, -0.05) is 39.0 Å². The zero-order chi connectivity index (χ0) is 36.1. The lowest BCUT2D eigenvalue weighted by molar-refractivity contribution is -0.183. The lowest BCUT2D eigenvalue weighted by Gasteiger charge is -2.62. The Morgan fingerprint density at radius 3 is 2.52 bits per heavy atom.